The molecule has 3 aromatic rings. The summed E-state index contributed by atoms with van der Waals surface area (Å²) < 4.78 is 0. The standard InChI is InChI=1S/C22H19ClN2O2/c1-15(16-7-3-2-4-8-16)24-22(27)19-9-5-6-10-20(19)25-21(26)17-11-13-18(23)14-12-17/h2-15H,1H3,(H,24,27)(H,25,26)/t15-/m0/s1. The molecule has 0 saturated carbocycles. The van der Waals surface area contributed by atoms with E-state index in [4.69, 9.17) is 11.6 Å². The van der Waals surface area contributed by atoms with E-state index in [0.717, 1.165) is 5.56 Å². The van der Waals surface area contributed by atoms with Gasteiger partial charge in [-0.2, -0.15) is 0 Å². The fourth-order valence-electron chi connectivity index (χ4n) is 2.69. The van der Waals surface area contributed by atoms with Crippen molar-refractivity contribution < 1.29 is 9.59 Å². The van der Waals surface area contributed by atoms with E-state index in [1.54, 1.807) is 48.5 Å². The lowest BCUT2D eigenvalue weighted by molar-refractivity contribution is 0.0941. The summed E-state index contributed by atoms with van der Waals surface area (Å²) in [4.78, 5) is 25.2. The highest BCUT2D eigenvalue weighted by atomic mass is 35.5. The van der Waals surface area contributed by atoms with Crippen LogP contribution in [-0.2, 0) is 0 Å². The first-order valence-corrected chi connectivity index (χ1v) is 8.94. The van der Waals surface area contributed by atoms with Gasteiger partial charge in [0.05, 0.1) is 17.3 Å². The smallest absolute Gasteiger partial charge is 0.255 e. The molecule has 0 heterocycles. The van der Waals surface area contributed by atoms with Gasteiger partial charge >= 0.3 is 0 Å². The van der Waals surface area contributed by atoms with Crippen LogP contribution in [0, 0.1) is 0 Å². The van der Waals surface area contributed by atoms with Crippen LogP contribution in [0.4, 0.5) is 5.69 Å². The quantitative estimate of drug-likeness (QED) is 0.650. The monoisotopic (exact) mass is 378 g/mol. The number of halogens is 1. The van der Waals surface area contributed by atoms with Crippen molar-refractivity contribution >= 4 is 29.1 Å². The second-order valence-electron chi connectivity index (χ2n) is 6.11. The van der Waals surface area contributed by atoms with E-state index in [9.17, 15) is 9.59 Å². The van der Waals surface area contributed by atoms with E-state index in [1.807, 2.05) is 37.3 Å². The molecule has 3 rings (SSSR count). The van der Waals surface area contributed by atoms with Gasteiger partial charge in [0.1, 0.15) is 0 Å². The van der Waals surface area contributed by atoms with Crippen molar-refractivity contribution in [3.8, 4) is 0 Å². The van der Waals surface area contributed by atoms with Crippen LogP contribution in [0.1, 0.15) is 39.2 Å². The minimum Gasteiger partial charge on any atom is -0.345 e. The number of anilines is 1. The summed E-state index contributed by atoms with van der Waals surface area (Å²) in [6, 6.07) is 23.0. The molecule has 1 atom stereocenters. The molecule has 0 fully saturated rings. The van der Waals surface area contributed by atoms with Crippen molar-refractivity contribution in [1.29, 1.82) is 0 Å². The van der Waals surface area contributed by atoms with Crippen LogP contribution < -0.4 is 10.6 Å². The lowest BCUT2D eigenvalue weighted by atomic mass is 10.1. The van der Waals surface area contributed by atoms with Gasteiger partial charge in [0.2, 0.25) is 0 Å². The molecule has 3 aromatic carbocycles. The van der Waals surface area contributed by atoms with Gasteiger partial charge in [-0.3, -0.25) is 9.59 Å². The molecular formula is C22H19ClN2O2. The van der Waals surface area contributed by atoms with E-state index >= 15 is 0 Å². The molecule has 5 heteroatoms. The van der Waals surface area contributed by atoms with E-state index in [0.29, 0.717) is 21.8 Å². The maximum absolute atomic E-state index is 12.7. The zero-order valence-electron chi connectivity index (χ0n) is 14.8. The highest BCUT2D eigenvalue weighted by Gasteiger charge is 2.16. The predicted octanol–water partition coefficient (Wildman–Crippen LogP) is 5.08. The third-order valence-electron chi connectivity index (χ3n) is 4.17. The second kappa shape index (κ2) is 8.52. The van der Waals surface area contributed by atoms with Crippen LogP contribution in [0.25, 0.3) is 0 Å². The van der Waals surface area contributed by atoms with Gasteiger partial charge in [0.15, 0.2) is 0 Å². The number of carbonyl (C=O) groups is 2. The average Bonchev–Trinajstić information content (AvgIpc) is 2.69. The molecule has 2 N–H and O–H groups in total. The summed E-state index contributed by atoms with van der Waals surface area (Å²) in [7, 11) is 0. The van der Waals surface area contributed by atoms with Crippen LogP contribution >= 0.6 is 11.6 Å². The van der Waals surface area contributed by atoms with Crippen LogP contribution in [0.15, 0.2) is 78.9 Å². The number of nitrogens with one attached hydrogen (secondary N) is 2. The first kappa shape index (κ1) is 18.7. The van der Waals surface area contributed by atoms with E-state index < -0.39 is 0 Å². The van der Waals surface area contributed by atoms with Crippen molar-refractivity contribution in [3.05, 3.63) is 101 Å². The number of benzene rings is 3. The normalized spacial score (nSPS) is 11.5. The SMILES string of the molecule is C[C@H](NC(=O)c1ccccc1NC(=O)c1ccc(Cl)cc1)c1ccccc1. The van der Waals surface area contributed by atoms with Crippen molar-refractivity contribution in [1.82, 2.24) is 5.32 Å². The fraction of sp³-hybridized carbons (Fsp3) is 0.0909. The van der Waals surface area contributed by atoms with Gasteiger partial charge in [-0.05, 0) is 48.9 Å². The molecule has 27 heavy (non-hydrogen) atoms. The lowest BCUT2D eigenvalue weighted by Crippen LogP contribution is -2.28. The first-order chi connectivity index (χ1) is 13.0. The average molecular weight is 379 g/mol. The van der Waals surface area contributed by atoms with Crippen LogP contribution in [0.5, 0.6) is 0 Å². The van der Waals surface area contributed by atoms with Gasteiger partial charge in [-0.15, -0.1) is 0 Å². The predicted molar refractivity (Wildman–Crippen MR) is 108 cm³/mol. The molecule has 0 spiro atoms. The molecular weight excluding hydrogens is 360 g/mol. The Bertz CT molecular complexity index is 940. The van der Waals surface area contributed by atoms with Crippen molar-refractivity contribution in [2.45, 2.75) is 13.0 Å². The van der Waals surface area contributed by atoms with Gasteiger partial charge in [-0.25, -0.2) is 0 Å². The van der Waals surface area contributed by atoms with Crippen molar-refractivity contribution in [2.24, 2.45) is 0 Å². The Morgan fingerprint density at radius 2 is 1.44 bits per heavy atom. The summed E-state index contributed by atoms with van der Waals surface area (Å²) >= 11 is 5.86. The van der Waals surface area contributed by atoms with Gasteiger partial charge in [0, 0.05) is 10.6 Å². The number of hydrogen-bond donors (Lipinski definition) is 2. The van der Waals surface area contributed by atoms with Crippen LogP contribution in [-0.4, -0.2) is 11.8 Å². The molecule has 0 radical (unpaired) electrons. The Morgan fingerprint density at radius 1 is 0.815 bits per heavy atom. The largest absolute Gasteiger partial charge is 0.345 e. The highest BCUT2D eigenvalue weighted by molar-refractivity contribution is 6.30. The summed E-state index contributed by atoms with van der Waals surface area (Å²) in [6.07, 6.45) is 0. The Morgan fingerprint density at radius 3 is 2.15 bits per heavy atom. The third kappa shape index (κ3) is 4.74. The van der Waals surface area contributed by atoms with Crippen molar-refractivity contribution in [2.75, 3.05) is 5.32 Å². The summed E-state index contributed by atoms with van der Waals surface area (Å²) in [5.41, 5.74) is 2.33. The zero-order valence-corrected chi connectivity index (χ0v) is 15.5. The fourth-order valence-corrected chi connectivity index (χ4v) is 2.81. The number of amides is 2. The van der Waals surface area contributed by atoms with E-state index in [1.165, 1.54) is 0 Å². The summed E-state index contributed by atoms with van der Waals surface area (Å²) in [6.45, 7) is 1.92. The molecule has 0 aromatic heterocycles. The second-order valence-corrected chi connectivity index (χ2v) is 6.55. The minimum absolute atomic E-state index is 0.154. The third-order valence-corrected chi connectivity index (χ3v) is 4.43. The lowest BCUT2D eigenvalue weighted by Gasteiger charge is -2.16. The molecule has 0 aliphatic heterocycles. The molecule has 0 unspecified atom stereocenters. The Hall–Kier alpha value is -3.11. The first-order valence-electron chi connectivity index (χ1n) is 8.56. The topological polar surface area (TPSA) is 58.2 Å². The van der Waals surface area contributed by atoms with E-state index in [-0.39, 0.29) is 17.9 Å². The van der Waals surface area contributed by atoms with Gasteiger partial charge in [0.25, 0.3) is 11.8 Å². The number of para-hydroxylation sites is 1. The highest BCUT2D eigenvalue weighted by Crippen LogP contribution is 2.19. The van der Waals surface area contributed by atoms with Gasteiger partial charge < -0.3 is 10.6 Å². The maximum Gasteiger partial charge on any atom is 0.255 e. The maximum atomic E-state index is 12.7. The summed E-state index contributed by atoms with van der Waals surface area (Å²) in [5.74, 6) is -0.554. The Kier molecular flexibility index (Phi) is 5.89. The Balaban J connectivity index is 1.76. The van der Waals surface area contributed by atoms with Crippen LogP contribution in [0.2, 0.25) is 5.02 Å². The molecule has 0 bridgehead atoms. The van der Waals surface area contributed by atoms with E-state index in [2.05, 4.69) is 10.6 Å². The molecule has 0 saturated heterocycles. The molecule has 4 nitrogen and oxygen atoms in total. The van der Waals surface area contributed by atoms with Gasteiger partial charge in [-0.1, -0.05) is 54.1 Å². The number of carbonyl (C=O) groups excluding carboxylic acids is 2. The zero-order chi connectivity index (χ0) is 19.2. The number of hydrogen-bond acceptors (Lipinski definition) is 2. The van der Waals surface area contributed by atoms with Crippen LogP contribution in [0.3, 0.4) is 0 Å². The van der Waals surface area contributed by atoms with Crippen molar-refractivity contribution in [3.63, 3.8) is 0 Å². The molecule has 2 amide bonds. The minimum atomic E-state index is -0.303. The molecule has 0 aliphatic rings. The summed E-state index contributed by atoms with van der Waals surface area (Å²) in [5, 5.41) is 6.32. The molecule has 136 valence electrons. The Labute approximate surface area is 163 Å². The number of rotatable bonds is 5. The molecule has 0 aliphatic carbocycles.